The number of nitrogens with zero attached hydrogens (tertiary/aromatic N) is 3. The Morgan fingerprint density at radius 1 is 1.36 bits per heavy atom. The number of rotatable bonds is 5. The Hall–Kier alpha value is -0.660. The molecule has 0 saturated carbocycles. The van der Waals surface area contributed by atoms with Crippen molar-refractivity contribution in [2.24, 2.45) is 0 Å². The van der Waals surface area contributed by atoms with Crippen LogP contribution in [-0.2, 0) is 22.8 Å². The molecular formula is C15H27FN4OS. The van der Waals surface area contributed by atoms with E-state index >= 15 is 4.39 Å². The monoisotopic (exact) mass is 330 g/mol. The Morgan fingerprint density at radius 2 is 2.14 bits per heavy atom. The average molecular weight is 330 g/mol. The fourth-order valence-corrected chi connectivity index (χ4v) is 3.32. The minimum atomic E-state index is -1.55. The molecule has 1 N–H and O–H groups in total. The van der Waals surface area contributed by atoms with Gasteiger partial charge in [0.05, 0.1) is 11.6 Å². The van der Waals surface area contributed by atoms with E-state index in [0.717, 1.165) is 31.4 Å². The zero-order chi connectivity index (χ0) is 16.2. The standard InChI is InChI=1S/C15H27FN4OS/c1-14(2,3)22-11-20-12-8-6-5-7-9-15(16,10-21-17-4)13(12)18-19-20/h17H,5-11H2,1-4H3. The molecule has 126 valence electrons. The van der Waals surface area contributed by atoms with Gasteiger partial charge in [-0.05, 0) is 25.7 Å². The van der Waals surface area contributed by atoms with E-state index in [9.17, 15) is 0 Å². The van der Waals surface area contributed by atoms with Crippen molar-refractivity contribution in [3.63, 3.8) is 0 Å². The number of hydroxylamine groups is 1. The van der Waals surface area contributed by atoms with Crippen LogP contribution >= 0.6 is 11.8 Å². The molecule has 0 bridgehead atoms. The molecule has 1 unspecified atom stereocenters. The maximum atomic E-state index is 15.4. The number of halogens is 1. The molecule has 1 atom stereocenters. The quantitative estimate of drug-likeness (QED) is 0.840. The lowest BCUT2D eigenvalue weighted by Gasteiger charge is -2.26. The highest BCUT2D eigenvalue weighted by molar-refractivity contribution is 7.99. The molecule has 0 radical (unpaired) electrons. The fourth-order valence-electron chi connectivity index (χ4n) is 2.61. The fraction of sp³-hybridized carbons (Fsp3) is 0.867. The van der Waals surface area contributed by atoms with Crippen LogP contribution in [0.2, 0.25) is 0 Å². The normalized spacial score (nSPS) is 23.0. The lowest BCUT2D eigenvalue weighted by atomic mass is 9.89. The summed E-state index contributed by atoms with van der Waals surface area (Å²) in [5.41, 5.74) is 2.41. The van der Waals surface area contributed by atoms with Crippen LogP contribution in [0.4, 0.5) is 4.39 Å². The zero-order valence-electron chi connectivity index (χ0n) is 14.0. The molecule has 1 aliphatic rings. The molecule has 0 spiro atoms. The van der Waals surface area contributed by atoms with Gasteiger partial charge in [-0.3, -0.25) is 4.84 Å². The van der Waals surface area contributed by atoms with E-state index in [1.54, 1.807) is 18.8 Å². The van der Waals surface area contributed by atoms with Crippen LogP contribution < -0.4 is 5.48 Å². The first-order valence-electron chi connectivity index (χ1n) is 7.90. The SMILES string of the molecule is CNOCC1(F)CCCCCc2c1nnn2CSC(C)(C)C. The van der Waals surface area contributed by atoms with Crippen molar-refractivity contribution in [3.8, 4) is 0 Å². The van der Waals surface area contributed by atoms with E-state index in [1.165, 1.54) is 0 Å². The molecule has 0 aromatic carbocycles. The van der Waals surface area contributed by atoms with Gasteiger partial charge < -0.3 is 0 Å². The summed E-state index contributed by atoms with van der Waals surface area (Å²) in [4.78, 5) is 5.15. The topological polar surface area (TPSA) is 52.0 Å². The molecule has 1 heterocycles. The van der Waals surface area contributed by atoms with E-state index < -0.39 is 5.67 Å². The number of alkyl halides is 1. The van der Waals surface area contributed by atoms with Crippen LogP contribution in [0, 0.1) is 0 Å². The predicted molar refractivity (Wildman–Crippen MR) is 87.3 cm³/mol. The van der Waals surface area contributed by atoms with Gasteiger partial charge in [0.15, 0.2) is 5.67 Å². The molecule has 0 aliphatic heterocycles. The molecular weight excluding hydrogens is 303 g/mol. The molecule has 0 amide bonds. The average Bonchev–Trinajstić information content (AvgIpc) is 2.83. The molecule has 2 rings (SSSR count). The van der Waals surface area contributed by atoms with Crippen LogP contribution in [0.1, 0.15) is 57.8 Å². The second-order valence-corrected chi connectivity index (χ2v) is 8.56. The highest BCUT2D eigenvalue weighted by Gasteiger charge is 2.39. The van der Waals surface area contributed by atoms with Gasteiger partial charge in [-0.2, -0.15) is 0 Å². The highest BCUT2D eigenvalue weighted by atomic mass is 32.2. The number of hydrogen-bond acceptors (Lipinski definition) is 5. The molecule has 1 aromatic heterocycles. The minimum Gasteiger partial charge on any atom is -0.298 e. The molecule has 0 saturated heterocycles. The number of hydrogen-bond donors (Lipinski definition) is 1. The molecule has 1 aliphatic carbocycles. The van der Waals surface area contributed by atoms with Gasteiger partial charge in [0.1, 0.15) is 12.3 Å². The van der Waals surface area contributed by atoms with E-state index in [1.807, 2.05) is 4.68 Å². The Kier molecular flexibility index (Phi) is 5.85. The molecule has 1 aromatic rings. The summed E-state index contributed by atoms with van der Waals surface area (Å²) in [6, 6.07) is 0. The van der Waals surface area contributed by atoms with Gasteiger partial charge >= 0.3 is 0 Å². The van der Waals surface area contributed by atoms with Crippen molar-refractivity contribution in [1.29, 1.82) is 0 Å². The molecule has 22 heavy (non-hydrogen) atoms. The number of aromatic nitrogens is 3. The summed E-state index contributed by atoms with van der Waals surface area (Å²) in [6.45, 7) is 6.47. The second-order valence-electron chi connectivity index (χ2n) is 6.79. The van der Waals surface area contributed by atoms with E-state index in [4.69, 9.17) is 4.84 Å². The summed E-state index contributed by atoms with van der Waals surface area (Å²) in [5.74, 6) is 0.703. The van der Waals surface area contributed by atoms with Gasteiger partial charge in [-0.25, -0.2) is 14.6 Å². The van der Waals surface area contributed by atoms with Crippen LogP contribution in [0.25, 0.3) is 0 Å². The zero-order valence-corrected chi connectivity index (χ0v) is 14.8. The summed E-state index contributed by atoms with van der Waals surface area (Å²) in [5, 5.41) is 8.40. The maximum absolute atomic E-state index is 15.4. The summed E-state index contributed by atoms with van der Waals surface area (Å²) in [7, 11) is 1.64. The Bertz CT molecular complexity index is 488. The molecule has 0 fully saturated rings. The number of nitrogens with one attached hydrogen (secondary N) is 1. The number of thioether (sulfide) groups is 1. The Balaban J connectivity index is 2.25. The first-order valence-corrected chi connectivity index (χ1v) is 8.88. The van der Waals surface area contributed by atoms with Crippen molar-refractivity contribution in [1.82, 2.24) is 20.5 Å². The Labute approximate surface area is 136 Å². The van der Waals surface area contributed by atoms with Crippen LogP contribution in [0.15, 0.2) is 0 Å². The first kappa shape index (κ1) is 17.7. The van der Waals surface area contributed by atoms with Crippen molar-refractivity contribution >= 4 is 11.8 Å². The Morgan fingerprint density at radius 3 is 2.82 bits per heavy atom. The smallest absolute Gasteiger partial charge is 0.181 e. The van der Waals surface area contributed by atoms with Crippen LogP contribution in [0.3, 0.4) is 0 Å². The van der Waals surface area contributed by atoms with Gasteiger partial charge in [0.2, 0.25) is 0 Å². The predicted octanol–water partition coefficient (Wildman–Crippen LogP) is 3.20. The van der Waals surface area contributed by atoms with Crippen molar-refractivity contribution in [2.75, 3.05) is 13.7 Å². The van der Waals surface area contributed by atoms with E-state index in [2.05, 4.69) is 36.6 Å². The summed E-state index contributed by atoms with van der Waals surface area (Å²) < 4.78 is 17.4. The van der Waals surface area contributed by atoms with Gasteiger partial charge in [-0.15, -0.1) is 16.9 Å². The third kappa shape index (κ3) is 4.43. The molecule has 7 heteroatoms. The third-order valence-electron chi connectivity index (χ3n) is 3.81. The van der Waals surface area contributed by atoms with Crippen LogP contribution in [0.5, 0.6) is 0 Å². The van der Waals surface area contributed by atoms with Gasteiger partial charge in [-0.1, -0.05) is 32.4 Å². The summed E-state index contributed by atoms with van der Waals surface area (Å²) >= 11 is 1.79. The van der Waals surface area contributed by atoms with Gasteiger partial charge in [0, 0.05) is 11.8 Å². The van der Waals surface area contributed by atoms with Crippen molar-refractivity contribution in [3.05, 3.63) is 11.4 Å². The lowest BCUT2D eigenvalue weighted by Crippen LogP contribution is -2.32. The van der Waals surface area contributed by atoms with Crippen molar-refractivity contribution in [2.45, 2.75) is 69.2 Å². The van der Waals surface area contributed by atoms with Crippen molar-refractivity contribution < 1.29 is 9.23 Å². The van der Waals surface area contributed by atoms with E-state index in [-0.39, 0.29) is 11.4 Å². The third-order valence-corrected chi connectivity index (χ3v) is 5.05. The summed E-state index contributed by atoms with van der Waals surface area (Å²) in [6.07, 6.45) is 4.21. The first-order chi connectivity index (χ1) is 10.4. The number of fused-ring (bicyclic) bond motifs is 1. The van der Waals surface area contributed by atoms with Crippen LogP contribution in [-0.4, -0.2) is 33.4 Å². The largest absolute Gasteiger partial charge is 0.298 e. The maximum Gasteiger partial charge on any atom is 0.181 e. The second kappa shape index (κ2) is 7.27. The van der Waals surface area contributed by atoms with E-state index in [0.29, 0.717) is 18.0 Å². The van der Waals surface area contributed by atoms with Gasteiger partial charge in [0.25, 0.3) is 0 Å². The lowest BCUT2D eigenvalue weighted by molar-refractivity contribution is -0.0393. The highest BCUT2D eigenvalue weighted by Crippen LogP contribution is 2.36. The minimum absolute atomic E-state index is 0.0262. The molecule has 5 nitrogen and oxygen atoms in total.